The molecule has 1 aliphatic rings. The summed E-state index contributed by atoms with van der Waals surface area (Å²) in [5, 5.41) is 2.92. The van der Waals surface area contributed by atoms with Gasteiger partial charge in [-0.2, -0.15) is 0 Å². The third-order valence-corrected chi connectivity index (χ3v) is 4.15. The number of nitrogens with one attached hydrogen (secondary N) is 1. The molecule has 2 rings (SSSR count). The summed E-state index contributed by atoms with van der Waals surface area (Å²) in [5.41, 5.74) is 5.65. The second kappa shape index (κ2) is 6.78. The van der Waals surface area contributed by atoms with Crippen molar-refractivity contribution >= 4 is 5.91 Å². The van der Waals surface area contributed by atoms with Gasteiger partial charge in [0.05, 0.1) is 5.54 Å². The molecule has 0 aliphatic heterocycles. The van der Waals surface area contributed by atoms with Crippen LogP contribution in [0.5, 0.6) is 5.75 Å². The Morgan fingerprint density at radius 3 is 2.57 bits per heavy atom. The van der Waals surface area contributed by atoms with Crippen LogP contribution in [0.1, 0.15) is 31.7 Å². The van der Waals surface area contributed by atoms with Gasteiger partial charge in [-0.25, -0.2) is 0 Å². The van der Waals surface area contributed by atoms with Crippen LogP contribution in [-0.2, 0) is 11.2 Å². The number of hydrogen-bond donors (Lipinski definition) is 2. The second-order valence-corrected chi connectivity index (χ2v) is 6.10. The number of carbonyl (C=O) groups is 1. The zero-order valence-corrected chi connectivity index (χ0v) is 13.0. The van der Waals surface area contributed by atoms with Crippen LogP contribution in [0.25, 0.3) is 0 Å². The predicted octanol–water partition coefficient (Wildman–Crippen LogP) is 2.76. The number of rotatable bonds is 7. The van der Waals surface area contributed by atoms with Gasteiger partial charge in [-0.1, -0.05) is 18.2 Å². The number of amides is 1. The van der Waals surface area contributed by atoms with Crippen molar-refractivity contribution in [2.45, 2.75) is 44.5 Å². The van der Waals surface area contributed by atoms with Crippen molar-refractivity contribution in [1.82, 2.24) is 5.32 Å². The smallest absolute Gasteiger partial charge is 0.406 e. The normalized spacial score (nSPS) is 17.4. The Bertz CT molecular complexity index is 559. The molecule has 1 saturated carbocycles. The Labute approximate surface area is 133 Å². The molecule has 23 heavy (non-hydrogen) atoms. The van der Waals surface area contributed by atoms with Crippen molar-refractivity contribution < 1.29 is 22.7 Å². The highest BCUT2D eigenvalue weighted by atomic mass is 19.4. The molecule has 0 bridgehead atoms. The van der Waals surface area contributed by atoms with E-state index >= 15 is 0 Å². The molecular formula is C16H21F3N2O2. The van der Waals surface area contributed by atoms with Gasteiger partial charge in [0.25, 0.3) is 0 Å². The zero-order valence-electron chi connectivity index (χ0n) is 13.0. The maximum Gasteiger partial charge on any atom is 0.573 e. The first-order valence-corrected chi connectivity index (χ1v) is 7.58. The molecule has 1 atom stereocenters. The van der Waals surface area contributed by atoms with Crippen LogP contribution in [0.15, 0.2) is 24.3 Å². The van der Waals surface area contributed by atoms with Crippen molar-refractivity contribution in [3.63, 3.8) is 0 Å². The average molecular weight is 330 g/mol. The molecule has 0 radical (unpaired) electrons. The van der Waals surface area contributed by atoms with E-state index in [9.17, 15) is 18.0 Å². The Kier molecular flexibility index (Phi) is 5.19. The Balaban J connectivity index is 1.94. The Hall–Kier alpha value is -1.76. The molecule has 1 aliphatic carbocycles. The fourth-order valence-electron chi connectivity index (χ4n) is 2.60. The van der Waals surface area contributed by atoms with E-state index in [1.807, 2.05) is 6.92 Å². The molecule has 1 aromatic rings. The lowest BCUT2D eigenvalue weighted by atomic mass is 9.95. The third kappa shape index (κ3) is 5.13. The summed E-state index contributed by atoms with van der Waals surface area (Å²) < 4.78 is 41.1. The first-order valence-electron chi connectivity index (χ1n) is 7.58. The van der Waals surface area contributed by atoms with E-state index in [1.54, 1.807) is 6.07 Å². The quantitative estimate of drug-likeness (QED) is 0.808. The topological polar surface area (TPSA) is 64.3 Å². The highest BCUT2D eigenvalue weighted by molar-refractivity contribution is 5.77. The number of alkyl halides is 3. The molecule has 7 heteroatoms. The van der Waals surface area contributed by atoms with E-state index < -0.39 is 11.9 Å². The average Bonchev–Trinajstić information content (AvgIpc) is 3.29. The van der Waals surface area contributed by atoms with Crippen LogP contribution in [0.3, 0.4) is 0 Å². The third-order valence-electron chi connectivity index (χ3n) is 4.15. The van der Waals surface area contributed by atoms with Crippen molar-refractivity contribution in [2.75, 3.05) is 6.54 Å². The number of ether oxygens (including phenoxy) is 1. The maximum atomic E-state index is 12.4. The first kappa shape index (κ1) is 17.6. The minimum absolute atomic E-state index is 0.0839. The van der Waals surface area contributed by atoms with Crippen LogP contribution < -0.4 is 15.8 Å². The standard InChI is InChI=1S/C16H21F3N2O2/c1-15(10-20,12-7-8-12)21-14(22)9-6-11-4-2-3-5-13(11)23-16(17,18)19/h2-5,12H,6-10,20H2,1H3,(H,21,22). The van der Waals surface area contributed by atoms with Gasteiger partial charge in [-0.05, 0) is 43.7 Å². The summed E-state index contributed by atoms with van der Waals surface area (Å²) in [5.74, 6) is -0.0967. The number of halogens is 3. The summed E-state index contributed by atoms with van der Waals surface area (Å²) >= 11 is 0. The van der Waals surface area contributed by atoms with E-state index in [0.29, 0.717) is 18.0 Å². The molecule has 0 saturated heterocycles. The van der Waals surface area contributed by atoms with Gasteiger partial charge < -0.3 is 15.8 Å². The van der Waals surface area contributed by atoms with Crippen LogP contribution in [0, 0.1) is 5.92 Å². The molecule has 1 aromatic carbocycles. The van der Waals surface area contributed by atoms with Gasteiger partial charge in [-0.15, -0.1) is 13.2 Å². The van der Waals surface area contributed by atoms with Crippen LogP contribution in [-0.4, -0.2) is 24.4 Å². The van der Waals surface area contributed by atoms with Crippen molar-refractivity contribution in [3.8, 4) is 5.75 Å². The lowest BCUT2D eigenvalue weighted by molar-refractivity contribution is -0.274. The fraction of sp³-hybridized carbons (Fsp3) is 0.562. The Morgan fingerprint density at radius 1 is 1.35 bits per heavy atom. The predicted molar refractivity (Wildman–Crippen MR) is 79.8 cm³/mol. The highest BCUT2D eigenvalue weighted by Crippen LogP contribution is 2.39. The summed E-state index contributed by atoms with van der Waals surface area (Å²) in [4.78, 5) is 12.1. The number of aryl methyl sites for hydroxylation is 1. The van der Waals surface area contributed by atoms with E-state index in [0.717, 1.165) is 12.8 Å². The first-order chi connectivity index (χ1) is 10.7. The molecule has 0 spiro atoms. The maximum absolute atomic E-state index is 12.4. The highest BCUT2D eigenvalue weighted by Gasteiger charge is 2.41. The number of hydrogen-bond acceptors (Lipinski definition) is 3. The zero-order chi connectivity index (χ0) is 17.1. The molecule has 1 unspecified atom stereocenters. The van der Waals surface area contributed by atoms with Crippen molar-refractivity contribution in [1.29, 1.82) is 0 Å². The largest absolute Gasteiger partial charge is 0.573 e. The van der Waals surface area contributed by atoms with Gasteiger partial charge in [0.2, 0.25) is 5.91 Å². The van der Waals surface area contributed by atoms with Gasteiger partial charge in [-0.3, -0.25) is 4.79 Å². The summed E-state index contributed by atoms with van der Waals surface area (Å²) in [6.45, 7) is 2.25. The Morgan fingerprint density at radius 2 is 2.00 bits per heavy atom. The number of carbonyl (C=O) groups excluding carboxylic acids is 1. The minimum Gasteiger partial charge on any atom is -0.406 e. The molecule has 1 amide bonds. The van der Waals surface area contributed by atoms with E-state index in [1.165, 1.54) is 18.2 Å². The minimum atomic E-state index is -4.75. The lowest BCUT2D eigenvalue weighted by Gasteiger charge is -2.29. The van der Waals surface area contributed by atoms with Crippen molar-refractivity contribution in [2.24, 2.45) is 11.7 Å². The van der Waals surface area contributed by atoms with Crippen molar-refractivity contribution in [3.05, 3.63) is 29.8 Å². The molecular weight excluding hydrogens is 309 g/mol. The summed E-state index contributed by atoms with van der Waals surface area (Å²) in [6, 6.07) is 5.85. The summed E-state index contributed by atoms with van der Waals surface area (Å²) in [6.07, 6.45) is -2.42. The van der Waals surface area contributed by atoms with E-state index in [-0.39, 0.29) is 24.5 Å². The van der Waals surface area contributed by atoms with Gasteiger partial charge in [0.1, 0.15) is 5.75 Å². The number of benzene rings is 1. The molecule has 1 fully saturated rings. The summed E-state index contributed by atoms with van der Waals surface area (Å²) in [7, 11) is 0. The van der Waals surface area contributed by atoms with Gasteiger partial charge in [0, 0.05) is 13.0 Å². The molecule has 3 N–H and O–H groups in total. The van der Waals surface area contributed by atoms with Crippen LogP contribution >= 0.6 is 0 Å². The molecule has 128 valence electrons. The lowest BCUT2D eigenvalue weighted by Crippen LogP contribution is -2.53. The number of nitrogens with two attached hydrogens (primary N) is 1. The van der Waals surface area contributed by atoms with Gasteiger partial charge in [0.15, 0.2) is 0 Å². The van der Waals surface area contributed by atoms with E-state index in [2.05, 4.69) is 10.1 Å². The molecule has 0 aromatic heterocycles. The molecule has 0 heterocycles. The SMILES string of the molecule is CC(CN)(NC(=O)CCc1ccccc1OC(F)(F)F)C1CC1. The fourth-order valence-corrected chi connectivity index (χ4v) is 2.60. The monoisotopic (exact) mass is 330 g/mol. The van der Waals surface area contributed by atoms with Crippen LogP contribution in [0.4, 0.5) is 13.2 Å². The second-order valence-electron chi connectivity index (χ2n) is 6.10. The van der Waals surface area contributed by atoms with Gasteiger partial charge >= 0.3 is 6.36 Å². The van der Waals surface area contributed by atoms with E-state index in [4.69, 9.17) is 5.73 Å². The van der Waals surface area contributed by atoms with Crippen LogP contribution in [0.2, 0.25) is 0 Å². The number of para-hydroxylation sites is 1. The molecule has 4 nitrogen and oxygen atoms in total.